The molecule has 0 spiro atoms. The summed E-state index contributed by atoms with van der Waals surface area (Å²) in [6.45, 7) is 3.34. The molecule has 2 aromatic rings. The van der Waals surface area contributed by atoms with E-state index in [0.29, 0.717) is 31.7 Å². The quantitative estimate of drug-likeness (QED) is 0.479. The van der Waals surface area contributed by atoms with E-state index < -0.39 is 24.7 Å². The Morgan fingerprint density at radius 1 is 1.14 bits per heavy atom. The lowest BCUT2D eigenvalue weighted by Gasteiger charge is -2.37. The van der Waals surface area contributed by atoms with Crippen LogP contribution >= 0.6 is 22.6 Å². The molecule has 0 aromatic heterocycles. The van der Waals surface area contributed by atoms with E-state index in [1.165, 1.54) is 12.1 Å². The molecule has 0 aliphatic carbocycles. The van der Waals surface area contributed by atoms with Crippen LogP contribution in [0.25, 0.3) is 0 Å². The van der Waals surface area contributed by atoms with Gasteiger partial charge >= 0.3 is 13.2 Å². The van der Waals surface area contributed by atoms with Crippen molar-refractivity contribution in [2.45, 2.75) is 13.0 Å². The fourth-order valence-electron chi connectivity index (χ4n) is 3.29. The van der Waals surface area contributed by atoms with Gasteiger partial charge in [0.05, 0.1) is 5.56 Å². The van der Waals surface area contributed by atoms with Crippen LogP contribution in [-0.2, 0) is 6.18 Å². The summed E-state index contributed by atoms with van der Waals surface area (Å²) in [5, 5.41) is 12.2. The normalized spacial score (nSPS) is 15.3. The number of carbonyl (C=O) groups excluding carboxylic acids is 1. The van der Waals surface area contributed by atoms with E-state index >= 15 is 0 Å². The van der Waals surface area contributed by atoms with E-state index in [1.54, 1.807) is 34.7 Å². The van der Waals surface area contributed by atoms with Crippen LogP contribution in [-0.4, -0.2) is 49.0 Å². The molecule has 1 saturated heterocycles. The molecule has 0 bridgehead atoms. The first kappa shape index (κ1) is 21.9. The first-order valence-corrected chi connectivity index (χ1v) is 10.2. The van der Waals surface area contributed by atoms with Gasteiger partial charge < -0.3 is 20.1 Å². The third kappa shape index (κ3) is 5.43. The maximum absolute atomic E-state index is 13.7. The van der Waals surface area contributed by atoms with E-state index in [-0.39, 0.29) is 11.4 Å². The van der Waals surface area contributed by atoms with Gasteiger partial charge in [-0.05, 0) is 65.8 Å². The Kier molecular flexibility index (Phi) is 6.74. The second-order valence-corrected chi connectivity index (χ2v) is 8.09. The van der Waals surface area contributed by atoms with Crippen molar-refractivity contribution in [1.82, 2.24) is 4.81 Å². The largest absolute Gasteiger partial charge is 0.437 e. The second kappa shape index (κ2) is 8.92. The van der Waals surface area contributed by atoms with Gasteiger partial charge in [0.2, 0.25) is 0 Å². The number of amides is 1. The number of nitrogens with one attached hydrogen (secondary N) is 1. The number of alkyl halides is 3. The van der Waals surface area contributed by atoms with Gasteiger partial charge in [-0.25, -0.2) is 0 Å². The number of anilines is 2. The van der Waals surface area contributed by atoms with Crippen LogP contribution in [0.5, 0.6) is 0 Å². The predicted molar refractivity (Wildman–Crippen MR) is 116 cm³/mol. The molecule has 1 aliphatic rings. The van der Waals surface area contributed by atoms with Crippen molar-refractivity contribution in [3.63, 3.8) is 0 Å². The zero-order valence-corrected chi connectivity index (χ0v) is 17.9. The Morgan fingerprint density at radius 3 is 2.41 bits per heavy atom. The average Bonchev–Trinajstić information content (AvgIpc) is 2.67. The standard InChI is InChI=1S/C19H20BF3IN3O2/c1-20(29)27-9-7-26(8-10-27)17-6-5-15(12-16(17)19(21,22)23)25-18(28)13-3-2-4-14(24)11-13/h2-6,11-12,29H,7-10H2,1H3,(H,25,28). The molecule has 1 aliphatic heterocycles. The van der Waals surface area contributed by atoms with Gasteiger partial charge in [0.15, 0.2) is 0 Å². The molecule has 0 atom stereocenters. The second-order valence-electron chi connectivity index (χ2n) is 6.85. The molecule has 154 valence electrons. The predicted octanol–water partition coefficient (Wildman–Crippen LogP) is 3.79. The molecule has 1 amide bonds. The molecular formula is C19H20BF3IN3O2. The smallest absolute Gasteiger partial charge is 0.418 e. The minimum Gasteiger partial charge on any atom is -0.437 e. The molecule has 5 nitrogen and oxygen atoms in total. The molecule has 2 aromatic carbocycles. The Morgan fingerprint density at radius 2 is 1.83 bits per heavy atom. The average molecular weight is 517 g/mol. The fraction of sp³-hybridized carbons (Fsp3) is 0.316. The molecule has 0 radical (unpaired) electrons. The summed E-state index contributed by atoms with van der Waals surface area (Å²) in [6.07, 6.45) is -4.56. The number of hydrogen-bond donors (Lipinski definition) is 2. The van der Waals surface area contributed by atoms with Crippen molar-refractivity contribution in [3.8, 4) is 0 Å². The minimum atomic E-state index is -4.56. The van der Waals surface area contributed by atoms with E-state index in [2.05, 4.69) is 27.9 Å². The molecule has 29 heavy (non-hydrogen) atoms. The highest BCUT2D eigenvalue weighted by Gasteiger charge is 2.36. The van der Waals surface area contributed by atoms with E-state index in [9.17, 15) is 23.0 Å². The zero-order valence-electron chi connectivity index (χ0n) is 15.7. The van der Waals surface area contributed by atoms with Crippen molar-refractivity contribution in [2.24, 2.45) is 0 Å². The molecule has 1 heterocycles. The van der Waals surface area contributed by atoms with Crippen LogP contribution in [0.4, 0.5) is 24.5 Å². The van der Waals surface area contributed by atoms with Crippen molar-refractivity contribution in [1.29, 1.82) is 0 Å². The molecule has 3 rings (SSSR count). The van der Waals surface area contributed by atoms with Crippen molar-refractivity contribution in [3.05, 3.63) is 57.2 Å². The van der Waals surface area contributed by atoms with Gasteiger partial charge in [-0.3, -0.25) is 4.79 Å². The Bertz CT molecular complexity index is 887. The minimum absolute atomic E-state index is 0.0787. The lowest BCUT2D eigenvalue weighted by molar-refractivity contribution is -0.137. The molecule has 0 unspecified atom stereocenters. The van der Waals surface area contributed by atoms with Gasteiger partial charge in [-0.1, -0.05) is 6.07 Å². The molecule has 2 N–H and O–H groups in total. The first-order valence-electron chi connectivity index (χ1n) is 9.10. The van der Waals surface area contributed by atoms with Gasteiger partial charge in [-0.2, -0.15) is 13.2 Å². The van der Waals surface area contributed by atoms with Gasteiger partial charge in [-0.15, -0.1) is 0 Å². The fourth-order valence-corrected chi connectivity index (χ4v) is 3.83. The van der Waals surface area contributed by atoms with Gasteiger partial charge in [0.1, 0.15) is 0 Å². The van der Waals surface area contributed by atoms with Gasteiger partial charge in [0, 0.05) is 46.7 Å². The lowest BCUT2D eigenvalue weighted by atomic mass is 9.84. The third-order valence-electron chi connectivity index (χ3n) is 4.83. The Hall–Kier alpha value is -1.79. The van der Waals surface area contributed by atoms with Crippen LogP contribution in [0.15, 0.2) is 42.5 Å². The Balaban J connectivity index is 1.82. The number of hydrogen-bond acceptors (Lipinski definition) is 4. The van der Waals surface area contributed by atoms with Crippen LogP contribution in [0.3, 0.4) is 0 Å². The monoisotopic (exact) mass is 517 g/mol. The summed E-state index contributed by atoms with van der Waals surface area (Å²) in [7, 11) is -0.627. The van der Waals surface area contributed by atoms with Gasteiger partial charge in [0.25, 0.3) is 5.91 Å². The van der Waals surface area contributed by atoms with Crippen LogP contribution in [0.1, 0.15) is 15.9 Å². The van der Waals surface area contributed by atoms with Crippen molar-refractivity contribution in [2.75, 3.05) is 36.4 Å². The molecular weight excluding hydrogens is 497 g/mol. The topological polar surface area (TPSA) is 55.8 Å². The summed E-state index contributed by atoms with van der Waals surface area (Å²) in [5.41, 5.74) is -0.241. The lowest BCUT2D eigenvalue weighted by Crippen LogP contribution is -2.51. The maximum atomic E-state index is 13.7. The highest BCUT2D eigenvalue weighted by atomic mass is 127. The number of halogens is 4. The molecule has 0 saturated carbocycles. The highest BCUT2D eigenvalue weighted by Crippen LogP contribution is 2.38. The number of benzene rings is 2. The van der Waals surface area contributed by atoms with Crippen LogP contribution in [0, 0.1) is 3.57 Å². The maximum Gasteiger partial charge on any atom is 0.418 e. The zero-order chi connectivity index (χ0) is 21.2. The molecule has 10 heteroatoms. The van der Waals surface area contributed by atoms with Crippen molar-refractivity contribution >= 4 is 46.9 Å². The van der Waals surface area contributed by atoms with E-state index in [1.807, 2.05) is 6.07 Å². The SMILES string of the molecule is CB(O)N1CCN(c2ccc(NC(=O)c3cccc(I)c3)cc2C(F)(F)F)CC1. The van der Waals surface area contributed by atoms with E-state index in [4.69, 9.17) is 0 Å². The number of rotatable bonds is 4. The number of carbonyl (C=O) groups is 1. The summed E-state index contributed by atoms with van der Waals surface area (Å²) < 4.78 is 42.0. The van der Waals surface area contributed by atoms with Crippen LogP contribution in [0.2, 0.25) is 6.82 Å². The third-order valence-corrected chi connectivity index (χ3v) is 5.50. The summed E-state index contributed by atoms with van der Waals surface area (Å²) in [6, 6.07) is 10.7. The number of nitrogens with zero attached hydrogens (tertiary/aromatic N) is 2. The summed E-state index contributed by atoms with van der Waals surface area (Å²) in [5.74, 6) is -0.463. The molecule has 1 fully saturated rings. The summed E-state index contributed by atoms with van der Waals surface area (Å²) >= 11 is 2.07. The first-order chi connectivity index (χ1) is 13.6. The number of piperazine rings is 1. The van der Waals surface area contributed by atoms with Crippen molar-refractivity contribution < 1.29 is 23.0 Å². The highest BCUT2D eigenvalue weighted by molar-refractivity contribution is 14.1. The Labute approximate surface area is 181 Å². The van der Waals surface area contributed by atoms with E-state index in [0.717, 1.165) is 9.64 Å². The summed E-state index contributed by atoms with van der Waals surface area (Å²) in [4.78, 5) is 15.8. The van der Waals surface area contributed by atoms with Crippen LogP contribution < -0.4 is 10.2 Å².